The molecule has 0 spiro atoms. The number of methoxy groups -OCH3 is 2. The molecule has 0 saturated carbocycles. The summed E-state index contributed by atoms with van der Waals surface area (Å²) >= 11 is 0. The number of unbranched alkanes of at least 4 members (excludes halogenated alkanes) is 2. The molecule has 3 aliphatic rings. The predicted molar refractivity (Wildman–Crippen MR) is 482 cm³/mol. The van der Waals surface area contributed by atoms with Crippen molar-refractivity contribution in [3.05, 3.63) is 257 Å². The summed E-state index contributed by atoms with van der Waals surface area (Å²) < 4.78 is 118. The Morgan fingerprint density at radius 2 is 0.787 bits per heavy atom. The molecule has 24 nitrogen and oxygen atoms in total. The number of aryl methyl sites for hydroxylation is 3. The second kappa shape index (κ2) is 39.6. The van der Waals surface area contributed by atoms with Crippen molar-refractivity contribution in [1.82, 2.24) is 14.7 Å². The largest absolute Gasteiger partial charge is 0.495 e. The fourth-order valence-corrected chi connectivity index (χ4v) is 18.6. The van der Waals surface area contributed by atoms with E-state index in [-0.39, 0.29) is 81.0 Å². The second-order valence-corrected chi connectivity index (χ2v) is 36.5. The van der Waals surface area contributed by atoms with Gasteiger partial charge in [0.1, 0.15) is 23.3 Å². The Kier molecular flexibility index (Phi) is 28.5. The molecular formula is C95H108N10O14S3. The molecule has 640 valence electrons. The number of hydrogen-bond acceptors (Lipinski definition) is 18. The normalized spacial score (nSPS) is 14.2. The van der Waals surface area contributed by atoms with Crippen molar-refractivity contribution in [3.8, 4) is 39.5 Å². The molecule has 1 atom stereocenters. The lowest BCUT2D eigenvalue weighted by molar-refractivity contribution is -0.141. The molecule has 3 saturated heterocycles. The molecular weight excluding hydrogens is 1600 g/mol. The fraction of sp³-hybridized carbons (Fsp3) is 0.326. The summed E-state index contributed by atoms with van der Waals surface area (Å²) in [5.74, 6) is 0.326. The molecule has 0 bridgehead atoms. The van der Waals surface area contributed by atoms with Crippen LogP contribution < -0.4 is 48.4 Å². The number of ether oxygens (including phenoxy) is 4. The van der Waals surface area contributed by atoms with Crippen LogP contribution in [0.15, 0.2) is 233 Å². The number of hydrogen-bond donors (Lipinski definition) is 4. The van der Waals surface area contributed by atoms with Gasteiger partial charge < -0.3 is 53.7 Å². The monoisotopic (exact) mass is 1710 g/mol. The van der Waals surface area contributed by atoms with Crippen molar-refractivity contribution in [1.29, 1.82) is 0 Å². The van der Waals surface area contributed by atoms with Gasteiger partial charge in [0.05, 0.1) is 59.2 Å². The van der Waals surface area contributed by atoms with E-state index in [0.29, 0.717) is 128 Å². The van der Waals surface area contributed by atoms with Gasteiger partial charge in [-0.1, -0.05) is 138 Å². The first kappa shape index (κ1) is 87.7. The zero-order chi connectivity index (χ0) is 86.2. The number of nitrogens with zero attached hydrogens (tertiary/aromatic N) is 6. The molecule has 3 heterocycles. The molecule has 122 heavy (non-hydrogen) atoms. The molecule has 27 heteroatoms. The van der Waals surface area contributed by atoms with Crippen LogP contribution in [0, 0.1) is 12.8 Å². The van der Waals surface area contributed by atoms with Gasteiger partial charge in [0.2, 0.25) is 0 Å². The maximum Gasteiger partial charge on any atom is 0.327 e. The third-order valence-electron chi connectivity index (χ3n) is 22.4. The zero-order valence-corrected chi connectivity index (χ0v) is 72.9. The molecule has 3 amide bonds. The Labute approximate surface area is 717 Å². The average Bonchev–Trinajstić information content (AvgIpc) is 0.785. The van der Waals surface area contributed by atoms with Crippen molar-refractivity contribution in [3.63, 3.8) is 0 Å². The van der Waals surface area contributed by atoms with E-state index in [1.807, 2.05) is 117 Å². The van der Waals surface area contributed by atoms with Crippen LogP contribution in [0.3, 0.4) is 0 Å². The van der Waals surface area contributed by atoms with E-state index >= 15 is 9.59 Å². The van der Waals surface area contributed by atoms with E-state index in [4.69, 9.17) is 18.9 Å². The Hall–Kier alpha value is -12.1. The van der Waals surface area contributed by atoms with E-state index in [2.05, 4.69) is 60.2 Å². The molecule has 0 aromatic heterocycles. The van der Waals surface area contributed by atoms with E-state index < -0.39 is 48.0 Å². The number of rotatable bonds is 34. The minimum Gasteiger partial charge on any atom is -0.495 e. The Bertz CT molecular complexity index is 5720. The van der Waals surface area contributed by atoms with Crippen molar-refractivity contribution >= 4 is 93.6 Å². The van der Waals surface area contributed by atoms with E-state index in [1.165, 1.54) is 49.1 Å². The lowest BCUT2D eigenvalue weighted by Crippen LogP contribution is -2.49. The van der Waals surface area contributed by atoms with Crippen LogP contribution in [0.4, 0.5) is 39.8 Å². The minimum atomic E-state index is -4.27. The molecule has 3 aliphatic heterocycles. The fourth-order valence-electron chi connectivity index (χ4n) is 15.4. The van der Waals surface area contributed by atoms with Crippen LogP contribution in [0.25, 0.3) is 22.3 Å². The van der Waals surface area contributed by atoms with Crippen LogP contribution in [-0.4, -0.2) is 176 Å². The summed E-state index contributed by atoms with van der Waals surface area (Å²) in [6, 6.07) is 63.6. The van der Waals surface area contributed by atoms with Crippen molar-refractivity contribution in [2.75, 3.05) is 140 Å². The van der Waals surface area contributed by atoms with Gasteiger partial charge in [-0.2, -0.15) is 0 Å². The van der Waals surface area contributed by atoms with Crippen LogP contribution in [0.1, 0.15) is 114 Å². The maximum absolute atomic E-state index is 15.6. The molecule has 4 N–H and O–H groups in total. The van der Waals surface area contributed by atoms with E-state index in [9.17, 15) is 34.8 Å². The number of benzene rings is 10. The highest BCUT2D eigenvalue weighted by molar-refractivity contribution is 7.93. The minimum absolute atomic E-state index is 0.0768. The number of sulfonamides is 3. The van der Waals surface area contributed by atoms with Crippen LogP contribution in [0.5, 0.6) is 17.2 Å². The van der Waals surface area contributed by atoms with Crippen LogP contribution in [0.2, 0.25) is 0 Å². The smallest absolute Gasteiger partial charge is 0.327 e. The van der Waals surface area contributed by atoms with Gasteiger partial charge in [0.15, 0.2) is 0 Å². The summed E-state index contributed by atoms with van der Waals surface area (Å²) in [4.78, 5) is 68.7. The molecule has 10 aromatic carbocycles. The van der Waals surface area contributed by atoms with Crippen molar-refractivity contribution < 1.29 is 63.4 Å². The van der Waals surface area contributed by atoms with Gasteiger partial charge in [-0.25, -0.2) is 30.0 Å². The molecule has 1 unspecified atom stereocenters. The number of carbonyl (C=O) groups excluding carboxylic acids is 4. The number of carbonyl (C=O) groups is 4. The Morgan fingerprint density at radius 1 is 0.393 bits per heavy atom. The van der Waals surface area contributed by atoms with Crippen LogP contribution >= 0.6 is 0 Å². The first-order valence-electron chi connectivity index (χ1n) is 41.7. The van der Waals surface area contributed by atoms with Gasteiger partial charge >= 0.3 is 5.97 Å². The summed E-state index contributed by atoms with van der Waals surface area (Å²) in [6.07, 6.45) is 6.52. The summed E-state index contributed by atoms with van der Waals surface area (Å²) in [5, 5.41) is 3.01. The van der Waals surface area contributed by atoms with Crippen LogP contribution in [-0.2, 0) is 58.9 Å². The Morgan fingerprint density at radius 3 is 1.24 bits per heavy atom. The first-order valence-corrected chi connectivity index (χ1v) is 46.2. The SMILES string of the molecule is CCCCc1ccc(NS(=O)(=O)c2ccc(-c3ccc(N4CCN(C(=O)c5cc(S(=O)(=O)Nc6ccc(CCCC)cc6)ccc5-c5ccc(N6CCN(C(=O)c7cc(S(=O)(=O)Nc8ccc(NC(C)C(=O)OC)cc8)ccc7C)CC6)c(OC)c5)CC4)c(OCC(C)C)c3)c(C(=O)N3CCN(c4ccccc4OCCc4ccccc4)CC3)c2)cc1. The third-order valence-corrected chi connectivity index (χ3v) is 26.5. The zero-order valence-electron chi connectivity index (χ0n) is 70.4. The van der Waals surface area contributed by atoms with Gasteiger partial charge in [0, 0.05) is 124 Å². The van der Waals surface area contributed by atoms with Crippen molar-refractivity contribution in [2.24, 2.45) is 5.92 Å². The molecule has 0 aliphatic carbocycles. The molecule has 13 rings (SSSR count). The van der Waals surface area contributed by atoms with Crippen molar-refractivity contribution in [2.45, 2.75) is 107 Å². The van der Waals surface area contributed by atoms with Gasteiger partial charge in [-0.3, -0.25) is 28.5 Å². The topological polar surface area (TPSA) is 275 Å². The third kappa shape index (κ3) is 21.4. The maximum atomic E-state index is 15.6. The lowest BCUT2D eigenvalue weighted by atomic mass is 9.97. The molecule has 0 radical (unpaired) electrons. The molecule has 10 aromatic rings. The number of para-hydroxylation sites is 2. The number of piperazine rings is 3. The highest BCUT2D eigenvalue weighted by Gasteiger charge is 2.34. The summed E-state index contributed by atoms with van der Waals surface area (Å²) in [5.41, 5.74) is 10.7. The van der Waals surface area contributed by atoms with E-state index in [1.54, 1.807) is 102 Å². The van der Waals surface area contributed by atoms with Gasteiger partial charge in [-0.05, 0) is 211 Å². The molecule has 3 fully saturated rings. The highest BCUT2D eigenvalue weighted by atomic mass is 32.2. The van der Waals surface area contributed by atoms with E-state index in [0.717, 1.165) is 73.2 Å². The summed E-state index contributed by atoms with van der Waals surface area (Å²) in [6.45, 7) is 16.7. The first-order chi connectivity index (χ1) is 58.8. The Balaban J connectivity index is 0.741. The number of anilines is 7. The second-order valence-electron chi connectivity index (χ2n) is 31.4. The number of esters is 1. The number of amides is 3. The van der Waals surface area contributed by atoms with Gasteiger partial charge in [0.25, 0.3) is 47.8 Å². The number of nitrogens with one attached hydrogen (secondary N) is 4. The standard InChI is InChI=1S/C95H108N10O14S3/c1-9-11-18-70-25-31-75(32-26-70)97-121(112,113)79-40-42-81(72-29-44-87(90(60-72)116-7)101-49-53-103(54-50-101)92(106)83-62-78(39-24-67(83)5)120(110,111)99-77-37-35-74(36-38-77)96-68(6)95(109)117-8)84(63-79)93(107)105-57-51-102(52-58-105)88-45-30-73(61-91(88)119-65-66(3)4)82-43-41-80(122(114,115)98-76-33-27-71(28-34-76)19-12-10-2)64-85(82)94(108)104-55-47-100(48-56-104)86-22-16-17-23-89(86)118-59-46-69-20-14-13-15-21-69/h13-17,20-45,60-64,66,68,96-99H,9-12,18-19,46-59,65H2,1-8H3. The average molecular weight is 1710 g/mol. The predicted octanol–water partition coefficient (Wildman–Crippen LogP) is 15.9. The highest BCUT2D eigenvalue weighted by Crippen LogP contribution is 2.41. The lowest BCUT2D eigenvalue weighted by Gasteiger charge is -2.37. The summed E-state index contributed by atoms with van der Waals surface area (Å²) in [7, 11) is -9.79. The quantitative estimate of drug-likeness (QED) is 0.0273. The van der Waals surface area contributed by atoms with Gasteiger partial charge in [-0.15, -0.1) is 0 Å².